The Morgan fingerprint density at radius 1 is 1.12 bits per heavy atom. The molecule has 3 aromatic rings. The van der Waals surface area contributed by atoms with Crippen molar-refractivity contribution < 1.29 is 4.79 Å². The van der Waals surface area contributed by atoms with E-state index in [1.165, 1.54) is 23.1 Å². The highest BCUT2D eigenvalue weighted by Crippen LogP contribution is 2.28. The highest BCUT2D eigenvalue weighted by atomic mass is 32.2. The molecule has 0 atom stereocenters. The largest absolute Gasteiger partial charge is 0.338 e. The van der Waals surface area contributed by atoms with Gasteiger partial charge in [-0.25, -0.2) is 0 Å². The predicted octanol–water partition coefficient (Wildman–Crippen LogP) is 2.76. The molecule has 0 aliphatic carbocycles. The number of hydrogen-bond donors (Lipinski definition) is 2. The van der Waals surface area contributed by atoms with E-state index in [1.54, 1.807) is 4.57 Å². The summed E-state index contributed by atoms with van der Waals surface area (Å²) in [4.78, 5) is 32.5. The number of nitrogens with zero attached hydrogens (tertiary/aromatic N) is 6. The molecule has 1 fully saturated rings. The SMILES string of the molecule is CCC(=O)Nc1ccc(Sc2nc(N3CCN(C)CC3)nc(-n3cc(C)sc3=N)n2)cc1. The molecule has 9 nitrogen and oxygen atoms in total. The molecule has 2 N–H and O–H groups in total. The summed E-state index contributed by atoms with van der Waals surface area (Å²) in [5.74, 6) is 1.07. The van der Waals surface area contributed by atoms with Gasteiger partial charge in [0.15, 0.2) is 9.96 Å². The van der Waals surface area contributed by atoms with E-state index in [2.05, 4.69) is 27.1 Å². The zero-order chi connectivity index (χ0) is 22.7. The molecular formula is C21H26N8OS2. The van der Waals surface area contributed by atoms with Crippen LogP contribution in [0.3, 0.4) is 0 Å². The number of aromatic nitrogens is 4. The number of likely N-dealkylation sites (N-methyl/N-ethyl adjacent to an activating group) is 1. The van der Waals surface area contributed by atoms with Crippen LogP contribution >= 0.6 is 23.1 Å². The molecule has 32 heavy (non-hydrogen) atoms. The monoisotopic (exact) mass is 470 g/mol. The topological polar surface area (TPSA) is 103 Å². The second-order valence-electron chi connectivity index (χ2n) is 7.55. The molecule has 0 spiro atoms. The maximum Gasteiger partial charge on any atom is 0.241 e. The van der Waals surface area contributed by atoms with Gasteiger partial charge in [-0.1, -0.05) is 6.92 Å². The minimum absolute atomic E-state index is 0.0152. The number of rotatable bonds is 6. The van der Waals surface area contributed by atoms with Crippen LogP contribution in [0.15, 0.2) is 40.5 Å². The van der Waals surface area contributed by atoms with Crippen molar-refractivity contribution in [3.8, 4) is 5.95 Å². The summed E-state index contributed by atoms with van der Waals surface area (Å²) in [6, 6.07) is 7.62. The van der Waals surface area contributed by atoms with E-state index in [0.717, 1.165) is 41.6 Å². The van der Waals surface area contributed by atoms with Crippen molar-refractivity contribution in [3.05, 3.63) is 40.1 Å². The molecule has 1 aliphatic rings. The van der Waals surface area contributed by atoms with Gasteiger partial charge in [0.1, 0.15) is 0 Å². The van der Waals surface area contributed by atoms with Crippen LogP contribution in [0.25, 0.3) is 5.95 Å². The Morgan fingerprint density at radius 3 is 2.44 bits per heavy atom. The summed E-state index contributed by atoms with van der Waals surface area (Å²) in [5, 5.41) is 11.7. The first kappa shape index (κ1) is 22.4. The van der Waals surface area contributed by atoms with E-state index in [1.807, 2.05) is 44.3 Å². The van der Waals surface area contributed by atoms with Gasteiger partial charge >= 0.3 is 0 Å². The van der Waals surface area contributed by atoms with Gasteiger partial charge in [0, 0.05) is 54.3 Å². The third-order valence-corrected chi connectivity index (χ3v) is 6.74. The molecule has 168 valence electrons. The molecule has 0 bridgehead atoms. The van der Waals surface area contributed by atoms with Crippen molar-refractivity contribution >= 4 is 40.6 Å². The summed E-state index contributed by atoms with van der Waals surface area (Å²) >= 11 is 2.83. The van der Waals surface area contributed by atoms with Gasteiger partial charge in [-0.15, -0.1) is 11.3 Å². The molecule has 1 aromatic carbocycles. The number of carbonyl (C=O) groups excluding carboxylic acids is 1. The Labute approximate surface area is 195 Å². The van der Waals surface area contributed by atoms with Gasteiger partial charge in [-0.3, -0.25) is 14.8 Å². The van der Waals surface area contributed by atoms with Crippen LogP contribution in [0.1, 0.15) is 18.2 Å². The predicted molar refractivity (Wildman–Crippen MR) is 127 cm³/mol. The fraction of sp³-hybridized carbons (Fsp3) is 0.381. The van der Waals surface area contributed by atoms with Crippen molar-refractivity contribution in [2.24, 2.45) is 0 Å². The molecule has 11 heteroatoms. The van der Waals surface area contributed by atoms with Gasteiger partial charge in [-0.2, -0.15) is 15.0 Å². The standard InChI is InChI=1S/C21H26N8OS2/c1-4-17(30)23-15-5-7-16(8-6-15)32-21-25-19(28-11-9-27(3)10-12-28)24-20(26-21)29-13-14(2)31-18(29)22/h5-8,13,22H,4,9-12H2,1-3H3,(H,23,30). The zero-order valence-electron chi connectivity index (χ0n) is 18.3. The lowest BCUT2D eigenvalue weighted by Crippen LogP contribution is -2.45. The number of aryl methyl sites for hydroxylation is 1. The molecule has 1 saturated heterocycles. The van der Waals surface area contributed by atoms with Gasteiger partial charge in [-0.05, 0) is 50.0 Å². The van der Waals surface area contributed by atoms with Gasteiger partial charge in [0.05, 0.1) is 0 Å². The fourth-order valence-electron chi connectivity index (χ4n) is 3.21. The first-order valence-corrected chi connectivity index (χ1v) is 12.1. The summed E-state index contributed by atoms with van der Waals surface area (Å²) in [6.07, 6.45) is 2.33. The Kier molecular flexibility index (Phi) is 6.87. The van der Waals surface area contributed by atoms with Crippen molar-refractivity contribution in [1.29, 1.82) is 5.41 Å². The molecule has 0 saturated carbocycles. The summed E-state index contributed by atoms with van der Waals surface area (Å²) in [6.45, 7) is 7.38. The Hall–Kier alpha value is -2.76. The quantitative estimate of drug-likeness (QED) is 0.571. The van der Waals surface area contributed by atoms with Gasteiger partial charge in [0.2, 0.25) is 17.8 Å². The lowest BCUT2D eigenvalue weighted by atomic mass is 10.3. The minimum Gasteiger partial charge on any atom is -0.338 e. The van der Waals surface area contributed by atoms with Crippen molar-refractivity contribution in [2.75, 3.05) is 43.4 Å². The number of benzene rings is 1. The van der Waals surface area contributed by atoms with E-state index >= 15 is 0 Å². The number of nitrogens with one attached hydrogen (secondary N) is 2. The lowest BCUT2D eigenvalue weighted by Gasteiger charge is -2.32. The Balaban J connectivity index is 1.64. The fourth-order valence-corrected chi connectivity index (χ4v) is 4.65. The van der Waals surface area contributed by atoms with E-state index in [0.29, 0.717) is 28.3 Å². The zero-order valence-corrected chi connectivity index (χ0v) is 20.0. The number of piperazine rings is 1. The van der Waals surface area contributed by atoms with Crippen molar-refractivity contribution in [1.82, 2.24) is 24.4 Å². The van der Waals surface area contributed by atoms with Crippen LogP contribution in [-0.4, -0.2) is 63.6 Å². The third kappa shape index (κ3) is 5.34. The highest BCUT2D eigenvalue weighted by molar-refractivity contribution is 7.99. The van der Waals surface area contributed by atoms with Crippen LogP contribution in [-0.2, 0) is 4.79 Å². The molecule has 3 heterocycles. The van der Waals surface area contributed by atoms with Crippen LogP contribution < -0.4 is 15.0 Å². The van der Waals surface area contributed by atoms with Gasteiger partial charge < -0.3 is 15.1 Å². The van der Waals surface area contributed by atoms with Crippen LogP contribution in [0.5, 0.6) is 0 Å². The maximum absolute atomic E-state index is 11.6. The Morgan fingerprint density at radius 2 is 1.81 bits per heavy atom. The Bertz CT molecular complexity index is 1150. The summed E-state index contributed by atoms with van der Waals surface area (Å²) in [7, 11) is 2.11. The van der Waals surface area contributed by atoms with Crippen LogP contribution in [0, 0.1) is 12.3 Å². The highest BCUT2D eigenvalue weighted by Gasteiger charge is 2.20. The molecule has 0 radical (unpaired) electrons. The van der Waals surface area contributed by atoms with Crippen molar-refractivity contribution in [2.45, 2.75) is 30.3 Å². The first-order chi connectivity index (χ1) is 15.4. The second kappa shape index (κ2) is 9.80. The van der Waals surface area contributed by atoms with Crippen molar-refractivity contribution in [3.63, 3.8) is 0 Å². The molecule has 4 rings (SSSR count). The maximum atomic E-state index is 11.6. The number of anilines is 2. The first-order valence-electron chi connectivity index (χ1n) is 10.4. The van der Waals surface area contributed by atoms with E-state index < -0.39 is 0 Å². The second-order valence-corrected chi connectivity index (χ2v) is 9.83. The van der Waals surface area contributed by atoms with E-state index in [-0.39, 0.29) is 5.91 Å². The van der Waals surface area contributed by atoms with E-state index in [4.69, 9.17) is 15.4 Å². The number of carbonyl (C=O) groups is 1. The average molecular weight is 471 g/mol. The molecule has 2 aromatic heterocycles. The lowest BCUT2D eigenvalue weighted by molar-refractivity contribution is -0.115. The normalized spacial score (nSPS) is 14.5. The average Bonchev–Trinajstić information content (AvgIpc) is 3.13. The van der Waals surface area contributed by atoms with Gasteiger partial charge in [0.25, 0.3) is 0 Å². The van der Waals surface area contributed by atoms with Crippen LogP contribution in [0.2, 0.25) is 0 Å². The smallest absolute Gasteiger partial charge is 0.241 e. The van der Waals surface area contributed by atoms with E-state index in [9.17, 15) is 4.79 Å². The number of hydrogen-bond acceptors (Lipinski definition) is 9. The summed E-state index contributed by atoms with van der Waals surface area (Å²) in [5.41, 5.74) is 0.763. The molecule has 0 unspecified atom stereocenters. The molecule has 1 amide bonds. The number of thiazole rings is 1. The summed E-state index contributed by atoms with van der Waals surface area (Å²) < 4.78 is 1.70. The minimum atomic E-state index is -0.0152. The number of amides is 1. The molecule has 1 aliphatic heterocycles. The molecular weight excluding hydrogens is 444 g/mol. The third-order valence-electron chi connectivity index (χ3n) is 5.05. The van der Waals surface area contributed by atoms with Crippen LogP contribution in [0.4, 0.5) is 11.6 Å².